The van der Waals surface area contributed by atoms with Gasteiger partial charge in [-0.3, -0.25) is 4.79 Å². The molecule has 11 heteroatoms. The number of nitrogens with one attached hydrogen (secondary N) is 2. The van der Waals surface area contributed by atoms with E-state index < -0.39 is 44.5 Å². The van der Waals surface area contributed by atoms with Crippen LogP contribution in [0.1, 0.15) is 31.2 Å². The quantitative estimate of drug-likeness (QED) is 0.427. The Morgan fingerprint density at radius 2 is 1.80 bits per heavy atom. The van der Waals surface area contributed by atoms with Gasteiger partial charge in [-0.25, -0.2) is 31.3 Å². The van der Waals surface area contributed by atoms with E-state index in [1.807, 2.05) is 0 Å². The molecule has 0 bridgehead atoms. The molecular weight excluding hydrogens is 486 g/mol. The summed E-state index contributed by atoms with van der Waals surface area (Å²) in [5.74, 6) is -2.37. The van der Waals surface area contributed by atoms with Gasteiger partial charge in [0.05, 0.1) is 6.04 Å². The van der Waals surface area contributed by atoms with Gasteiger partial charge < -0.3 is 9.64 Å². The number of alkyl halides is 1. The maximum absolute atomic E-state index is 15.2. The lowest BCUT2D eigenvalue weighted by Crippen LogP contribution is -2.48. The highest BCUT2D eigenvalue weighted by molar-refractivity contribution is 7.92. The van der Waals surface area contributed by atoms with E-state index in [1.54, 1.807) is 0 Å². The van der Waals surface area contributed by atoms with Crippen molar-refractivity contribution in [2.24, 2.45) is 0 Å². The second-order valence-electron chi connectivity index (χ2n) is 8.97. The monoisotopic (exact) mass is 513 g/mol. The number of carbonyl (C=O) groups excluding carboxylic acids is 1. The first-order chi connectivity index (χ1) is 16.6. The standard InChI is InChI=1S/C21H21F4N3O2S.C3H6O/c22-15-8-14(9-16(23)11-15)17-3-1-2-13(20(17)24)10-19-18(4-7-28(19)12-29)27-31(26,30)21(25)5-6-21;1-2-4-3-1/h1-3,8-9,11-12,18-19H,4-7,10H2,(H2,26,27,30);1-3H2. The number of halogens is 4. The summed E-state index contributed by atoms with van der Waals surface area (Å²) in [6, 6.07) is 5.85. The zero-order chi connectivity index (χ0) is 25.2. The average Bonchev–Trinajstić information content (AvgIpc) is 3.41. The van der Waals surface area contributed by atoms with Crippen molar-refractivity contribution in [2.75, 3.05) is 19.8 Å². The SMILES string of the molecule is C1COC1.N=S(=O)(NC1CCN(C=O)C1Cc1cccc(-c2cc(F)cc(F)c2)c1F)C1(F)CC1. The second kappa shape index (κ2) is 10.2. The molecule has 6 nitrogen and oxygen atoms in total. The fourth-order valence-electron chi connectivity index (χ4n) is 4.15. The Kier molecular flexibility index (Phi) is 7.48. The van der Waals surface area contributed by atoms with E-state index in [1.165, 1.54) is 29.5 Å². The molecule has 3 aliphatic rings. The first-order valence-electron chi connectivity index (χ1n) is 11.4. The lowest BCUT2D eigenvalue weighted by Gasteiger charge is -2.27. The topological polar surface area (TPSA) is 82.5 Å². The van der Waals surface area contributed by atoms with E-state index in [4.69, 9.17) is 9.52 Å². The number of nitrogens with zero attached hydrogens (tertiary/aromatic N) is 1. The van der Waals surface area contributed by atoms with E-state index in [2.05, 4.69) is 4.72 Å². The van der Waals surface area contributed by atoms with Crippen molar-refractivity contribution in [3.05, 3.63) is 59.4 Å². The minimum atomic E-state index is -3.73. The average molecular weight is 514 g/mol. The molecule has 3 atom stereocenters. The number of rotatable bonds is 7. The molecule has 2 saturated heterocycles. The first kappa shape index (κ1) is 25.6. The Morgan fingerprint density at radius 3 is 2.34 bits per heavy atom. The van der Waals surface area contributed by atoms with Crippen LogP contribution in [0.5, 0.6) is 0 Å². The zero-order valence-electron chi connectivity index (χ0n) is 18.9. The highest BCUT2D eigenvalue weighted by Gasteiger charge is 2.54. The van der Waals surface area contributed by atoms with Crippen LogP contribution < -0.4 is 4.72 Å². The fourth-order valence-corrected chi connectivity index (χ4v) is 5.74. The van der Waals surface area contributed by atoms with Crippen molar-refractivity contribution in [1.82, 2.24) is 9.62 Å². The summed E-state index contributed by atoms with van der Waals surface area (Å²) in [7, 11) is -3.73. The molecule has 2 heterocycles. The lowest BCUT2D eigenvalue weighted by atomic mass is 9.96. The van der Waals surface area contributed by atoms with Crippen molar-refractivity contribution in [1.29, 1.82) is 4.78 Å². The molecule has 3 unspecified atom stereocenters. The van der Waals surface area contributed by atoms with Gasteiger partial charge in [0.15, 0.2) is 0 Å². The van der Waals surface area contributed by atoms with Crippen LogP contribution in [-0.4, -0.2) is 52.4 Å². The maximum Gasteiger partial charge on any atom is 0.210 e. The van der Waals surface area contributed by atoms with Gasteiger partial charge in [-0.15, -0.1) is 0 Å². The molecule has 0 radical (unpaired) electrons. The molecule has 0 aromatic heterocycles. The van der Waals surface area contributed by atoms with Crippen molar-refractivity contribution < 1.29 is 31.3 Å². The Balaban J connectivity index is 0.000000656. The summed E-state index contributed by atoms with van der Waals surface area (Å²) < 4.78 is 84.5. The van der Waals surface area contributed by atoms with Crippen molar-refractivity contribution >= 4 is 16.3 Å². The summed E-state index contributed by atoms with van der Waals surface area (Å²) in [6.07, 6.45) is 2.29. The Morgan fingerprint density at radius 1 is 1.17 bits per heavy atom. The number of amides is 1. The second-order valence-corrected chi connectivity index (χ2v) is 11.0. The summed E-state index contributed by atoms with van der Waals surface area (Å²) >= 11 is 0. The normalized spacial score (nSPS) is 24.1. The molecule has 2 aromatic carbocycles. The van der Waals surface area contributed by atoms with E-state index in [-0.39, 0.29) is 42.5 Å². The van der Waals surface area contributed by atoms with Crippen molar-refractivity contribution in [2.45, 2.75) is 49.2 Å². The van der Waals surface area contributed by atoms with Crippen LogP contribution in [0.15, 0.2) is 36.4 Å². The highest BCUT2D eigenvalue weighted by Crippen LogP contribution is 2.45. The minimum absolute atomic E-state index is 0.000962. The van der Waals surface area contributed by atoms with Crippen molar-refractivity contribution in [3.8, 4) is 11.1 Å². The van der Waals surface area contributed by atoms with E-state index in [0.717, 1.165) is 25.3 Å². The molecule has 1 saturated carbocycles. The molecular formula is C24H27F4N3O3S. The first-order valence-corrected chi connectivity index (χ1v) is 13.0. The largest absolute Gasteiger partial charge is 0.381 e. The Bertz CT molecular complexity index is 1160. The molecule has 5 rings (SSSR count). The number of benzene rings is 2. The molecule has 35 heavy (non-hydrogen) atoms. The molecule has 2 N–H and O–H groups in total. The van der Waals surface area contributed by atoms with Crippen LogP contribution in [0.3, 0.4) is 0 Å². The number of hydrogen-bond acceptors (Lipinski definition) is 4. The third-order valence-corrected chi connectivity index (χ3v) is 8.53. The Hall–Kier alpha value is -2.50. The van der Waals surface area contributed by atoms with Gasteiger partial charge in [-0.1, -0.05) is 18.2 Å². The van der Waals surface area contributed by atoms with Crippen LogP contribution in [0.25, 0.3) is 11.1 Å². The number of likely N-dealkylation sites (tertiary alicyclic amines) is 1. The summed E-state index contributed by atoms with van der Waals surface area (Å²) in [6.45, 7) is 2.29. The lowest BCUT2D eigenvalue weighted by molar-refractivity contribution is -0.118. The number of ether oxygens (including phenoxy) is 1. The molecule has 1 amide bonds. The van der Waals surface area contributed by atoms with Gasteiger partial charge in [0.25, 0.3) is 0 Å². The Labute approximate surface area is 201 Å². The van der Waals surface area contributed by atoms with Gasteiger partial charge >= 0.3 is 0 Å². The fraction of sp³-hybridized carbons (Fsp3) is 0.458. The zero-order valence-corrected chi connectivity index (χ0v) is 19.8. The predicted octanol–water partition coefficient (Wildman–Crippen LogP) is 4.33. The van der Waals surface area contributed by atoms with Gasteiger partial charge in [-0.2, -0.15) is 0 Å². The van der Waals surface area contributed by atoms with Crippen LogP contribution in [0.2, 0.25) is 0 Å². The van der Waals surface area contributed by atoms with Gasteiger partial charge in [0.1, 0.15) is 27.4 Å². The van der Waals surface area contributed by atoms with Gasteiger partial charge in [0.2, 0.25) is 11.4 Å². The van der Waals surface area contributed by atoms with Gasteiger partial charge in [0, 0.05) is 37.4 Å². The number of hydrogen-bond donors (Lipinski definition) is 2. The minimum Gasteiger partial charge on any atom is -0.381 e. The predicted molar refractivity (Wildman–Crippen MR) is 123 cm³/mol. The summed E-state index contributed by atoms with van der Waals surface area (Å²) in [5.41, 5.74) is 0.221. The van der Waals surface area contributed by atoms with E-state index in [0.29, 0.717) is 18.9 Å². The van der Waals surface area contributed by atoms with E-state index >= 15 is 4.39 Å². The van der Waals surface area contributed by atoms with Gasteiger partial charge in [-0.05, 0) is 55.4 Å². The molecule has 0 spiro atoms. The summed E-state index contributed by atoms with van der Waals surface area (Å²) in [5, 5.41) is -2.07. The smallest absolute Gasteiger partial charge is 0.210 e. The third kappa shape index (κ3) is 5.68. The third-order valence-electron chi connectivity index (χ3n) is 6.46. The van der Waals surface area contributed by atoms with Crippen LogP contribution in [0, 0.1) is 22.2 Å². The van der Waals surface area contributed by atoms with Crippen LogP contribution in [0.4, 0.5) is 17.6 Å². The molecule has 2 aromatic rings. The van der Waals surface area contributed by atoms with Crippen LogP contribution in [-0.2, 0) is 25.9 Å². The number of carbonyl (C=O) groups is 1. The van der Waals surface area contributed by atoms with Crippen LogP contribution >= 0.6 is 0 Å². The molecule has 2 aliphatic heterocycles. The summed E-state index contributed by atoms with van der Waals surface area (Å²) in [4.78, 5) is 12.9. The molecule has 190 valence electrons. The molecule has 1 aliphatic carbocycles. The highest BCUT2D eigenvalue weighted by atomic mass is 32.2. The van der Waals surface area contributed by atoms with E-state index in [9.17, 15) is 22.2 Å². The maximum atomic E-state index is 15.2. The van der Waals surface area contributed by atoms with Crippen molar-refractivity contribution in [3.63, 3.8) is 0 Å². The molecule has 3 fully saturated rings.